The Morgan fingerprint density at radius 2 is 2.11 bits per heavy atom. The van der Waals surface area contributed by atoms with Crippen LogP contribution in [0.2, 0.25) is 0 Å². The molecule has 2 aliphatic heterocycles. The van der Waals surface area contributed by atoms with Crippen LogP contribution in [0.15, 0.2) is 6.07 Å². The summed E-state index contributed by atoms with van der Waals surface area (Å²) in [6, 6.07) is 1.76. The Morgan fingerprint density at radius 3 is 2.78 bits per heavy atom. The largest absolute Gasteiger partial charge is 0.476 e. The van der Waals surface area contributed by atoms with Crippen molar-refractivity contribution in [1.82, 2.24) is 14.7 Å². The monoisotopic (exact) mass is 249 g/mol. The van der Waals surface area contributed by atoms with Crippen LogP contribution < -0.4 is 4.74 Å². The molecule has 0 radical (unpaired) electrons. The minimum atomic E-state index is 0.0406. The lowest BCUT2D eigenvalue weighted by Gasteiger charge is -2.34. The van der Waals surface area contributed by atoms with E-state index in [1.165, 1.54) is 6.42 Å². The first kappa shape index (κ1) is 11.6. The maximum Gasteiger partial charge on any atom is 0.274 e. The van der Waals surface area contributed by atoms with Gasteiger partial charge in [0.25, 0.3) is 5.91 Å². The molecule has 0 aliphatic carbocycles. The van der Waals surface area contributed by atoms with Gasteiger partial charge in [-0.1, -0.05) is 13.8 Å². The van der Waals surface area contributed by atoms with Gasteiger partial charge in [0.05, 0.1) is 6.54 Å². The van der Waals surface area contributed by atoms with Crippen molar-refractivity contribution < 1.29 is 9.53 Å². The number of amides is 1. The van der Waals surface area contributed by atoms with Gasteiger partial charge in [0.15, 0.2) is 5.69 Å². The molecule has 1 aromatic heterocycles. The summed E-state index contributed by atoms with van der Waals surface area (Å²) in [4.78, 5) is 14.3. The van der Waals surface area contributed by atoms with Gasteiger partial charge >= 0.3 is 0 Å². The number of carbonyl (C=O) groups is 1. The van der Waals surface area contributed by atoms with E-state index in [9.17, 15) is 4.79 Å². The maximum absolute atomic E-state index is 12.4. The second-order valence-corrected chi connectivity index (χ2v) is 5.60. The summed E-state index contributed by atoms with van der Waals surface area (Å²) >= 11 is 0. The number of ether oxygens (including phenoxy) is 1. The third kappa shape index (κ3) is 1.98. The van der Waals surface area contributed by atoms with Crippen molar-refractivity contribution in [3.8, 4) is 5.88 Å². The van der Waals surface area contributed by atoms with Gasteiger partial charge in [-0.15, -0.1) is 0 Å². The standard InChI is InChI=1S/C13H19N3O2/c1-9-5-10(2)8-15(7-9)13(17)11-6-12-16(14-11)3-4-18-12/h6,9-10H,3-5,7-8H2,1-2H3. The summed E-state index contributed by atoms with van der Waals surface area (Å²) in [5.74, 6) is 1.90. The topological polar surface area (TPSA) is 47.4 Å². The maximum atomic E-state index is 12.4. The van der Waals surface area contributed by atoms with Crippen LogP contribution in [0.3, 0.4) is 0 Å². The Bertz CT molecular complexity index is 437. The molecule has 5 heteroatoms. The normalized spacial score (nSPS) is 26.9. The molecule has 0 bridgehead atoms. The Labute approximate surface area is 107 Å². The fourth-order valence-corrected chi connectivity index (χ4v) is 3.01. The summed E-state index contributed by atoms with van der Waals surface area (Å²) in [6.07, 6.45) is 1.20. The number of fused-ring (bicyclic) bond motifs is 1. The van der Waals surface area contributed by atoms with Crippen LogP contribution in [-0.4, -0.2) is 40.3 Å². The zero-order valence-corrected chi connectivity index (χ0v) is 10.9. The predicted molar refractivity (Wildman–Crippen MR) is 66.6 cm³/mol. The highest BCUT2D eigenvalue weighted by Crippen LogP contribution is 2.24. The minimum absolute atomic E-state index is 0.0406. The SMILES string of the molecule is CC1CC(C)CN(C(=O)c2cc3n(n2)CCO3)C1. The molecule has 3 rings (SSSR count). The van der Waals surface area contributed by atoms with Gasteiger partial charge in [-0.2, -0.15) is 5.10 Å². The fraction of sp³-hybridized carbons (Fsp3) is 0.692. The third-order valence-corrected chi connectivity index (χ3v) is 3.67. The highest BCUT2D eigenvalue weighted by atomic mass is 16.5. The van der Waals surface area contributed by atoms with Crippen molar-refractivity contribution in [2.75, 3.05) is 19.7 Å². The summed E-state index contributed by atoms with van der Waals surface area (Å²) in [5.41, 5.74) is 0.519. The van der Waals surface area contributed by atoms with E-state index in [-0.39, 0.29) is 5.91 Å². The highest BCUT2D eigenvalue weighted by Gasteiger charge is 2.28. The summed E-state index contributed by atoms with van der Waals surface area (Å²) in [7, 11) is 0. The molecular weight excluding hydrogens is 230 g/mol. The Morgan fingerprint density at radius 1 is 1.39 bits per heavy atom. The number of hydrogen-bond acceptors (Lipinski definition) is 3. The molecular formula is C13H19N3O2. The van der Waals surface area contributed by atoms with Crippen molar-refractivity contribution in [2.24, 2.45) is 11.8 Å². The number of hydrogen-bond donors (Lipinski definition) is 0. The Balaban J connectivity index is 1.77. The summed E-state index contributed by atoms with van der Waals surface area (Å²) < 4.78 is 7.16. The fourth-order valence-electron chi connectivity index (χ4n) is 3.01. The number of piperidine rings is 1. The molecule has 3 heterocycles. The predicted octanol–water partition coefficient (Wildman–Crippen LogP) is 1.39. The molecule has 0 spiro atoms. The first-order valence-corrected chi connectivity index (χ1v) is 6.63. The van der Waals surface area contributed by atoms with E-state index in [0.29, 0.717) is 24.1 Å². The smallest absolute Gasteiger partial charge is 0.274 e. The van der Waals surface area contributed by atoms with Gasteiger partial charge in [0, 0.05) is 19.2 Å². The van der Waals surface area contributed by atoms with E-state index >= 15 is 0 Å². The van der Waals surface area contributed by atoms with Crippen LogP contribution in [0.25, 0.3) is 0 Å². The van der Waals surface area contributed by atoms with Gasteiger partial charge < -0.3 is 9.64 Å². The molecule has 2 atom stereocenters. The van der Waals surface area contributed by atoms with Gasteiger partial charge in [-0.3, -0.25) is 4.79 Å². The van der Waals surface area contributed by atoms with Gasteiger partial charge in [0.2, 0.25) is 5.88 Å². The molecule has 5 nitrogen and oxygen atoms in total. The molecule has 0 N–H and O–H groups in total. The number of likely N-dealkylation sites (tertiary alicyclic amines) is 1. The molecule has 0 saturated carbocycles. The van der Waals surface area contributed by atoms with Gasteiger partial charge in [-0.05, 0) is 18.3 Å². The van der Waals surface area contributed by atoms with Crippen LogP contribution in [0, 0.1) is 11.8 Å². The van der Waals surface area contributed by atoms with Crippen LogP contribution in [0.4, 0.5) is 0 Å². The van der Waals surface area contributed by atoms with Crippen LogP contribution in [0.5, 0.6) is 5.88 Å². The van der Waals surface area contributed by atoms with Crippen molar-refractivity contribution in [3.63, 3.8) is 0 Å². The van der Waals surface area contributed by atoms with E-state index in [1.807, 2.05) is 4.90 Å². The number of rotatable bonds is 1. The van der Waals surface area contributed by atoms with Crippen molar-refractivity contribution in [2.45, 2.75) is 26.8 Å². The molecule has 1 amide bonds. The van der Waals surface area contributed by atoms with Crippen molar-refractivity contribution in [3.05, 3.63) is 11.8 Å². The van der Waals surface area contributed by atoms with Crippen molar-refractivity contribution in [1.29, 1.82) is 0 Å². The van der Waals surface area contributed by atoms with E-state index < -0.39 is 0 Å². The quantitative estimate of drug-likeness (QED) is 0.755. The summed E-state index contributed by atoms with van der Waals surface area (Å²) in [5, 5.41) is 4.32. The van der Waals surface area contributed by atoms with E-state index in [0.717, 1.165) is 25.5 Å². The number of carbonyl (C=O) groups excluding carboxylic acids is 1. The highest BCUT2D eigenvalue weighted by molar-refractivity contribution is 5.92. The van der Waals surface area contributed by atoms with Gasteiger partial charge in [-0.25, -0.2) is 4.68 Å². The number of aromatic nitrogens is 2. The zero-order valence-electron chi connectivity index (χ0n) is 10.9. The number of nitrogens with zero attached hydrogens (tertiary/aromatic N) is 3. The molecule has 1 aromatic rings. The molecule has 98 valence electrons. The molecule has 2 aliphatic rings. The first-order chi connectivity index (χ1) is 8.63. The molecule has 2 unspecified atom stereocenters. The van der Waals surface area contributed by atoms with Crippen LogP contribution in [-0.2, 0) is 6.54 Å². The molecule has 1 saturated heterocycles. The van der Waals surface area contributed by atoms with Crippen molar-refractivity contribution >= 4 is 5.91 Å². The molecule has 1 fully saturated rings. The second-order valence-electron chi connectivity index (χ2n) is 5.60. The Hall–Kier alpha value is -1.52. The third-order valence-electron chi connectivity index (χ3n) is 3.67. The minimum Gasteiger partial charge on any atom is -0.476 e. The zero-order chi connectivity index (χ0) is 12.7. The lowest BCUT2D eigenvalue weighted by Crippen LogP contribution is -2.42. The molecule has 18 heavy (non-hydrogen) atoms. The first-order valence-electron chi connectivity index (χ1n) is 6.63. The second kappa shape index (κ2) is 4.30. The van der Waals surface area contributed by atoms with Crippen LogP contribution >= 0.6 is 0 Å². The average molecular weight is 249 g/mol. The lowest BCUT2D eigenvalue weighted by molar-refractivity contribution is 0.0616. The van der Waals surface area contributed by atoms with E-state index in [4.69, 9.17) is 4.74 Å². The summed E-state index contributed by atoms with van der Waals surface area (Å²) in [6.45, 7) is 7.49. The average Bonchev–Trinajstić information content (AvgIpc) is 2.86. The Kier molecular flexibility index (Phi) is 2.76. The van der Waals surface area contributed by atoms with E-state index in [2.05, 4.69) is 18.9 Å². The van der Waals surface area contributed by atoms with Gasteiger partial charge in [0.1, 0.15) is 6.61 Å². The lowest BCUT2D eigenvalue weighted by atomic mass is 9.92. The molecule has 0 aromatic carbocycles. The van der Waals surface area contributed by atoms with E-state index in [1.54, 1.807) is 10.7 Å². The van der Waals surface area contributed by atoms with Crippen LogP contribution in [0.1, 0.15) is 30.8 Å².